The van der Waals surface area contributed by atoms with Crippen LogP contribution in [-0.4, -0.2) is 47.8 Å². The van der Waals surface area contributed by atoms with Gasteiger partial charge in [-0.1, -0.05) is 0 Å². The molecule has 0 radical (unpaired) electrons. The molecule has 0 spiro atoms. The molecule has 1 aliphatic rings. The lowest BCUT2D eigenvalue weighted by atomic mass is 10.1. The molecule has 1 aromatic heterocycles. The van der Waals surface area contributed by atoms with Crippen molar-refractivity contribution in [3.05, 3.63) is 17.0 Å². The second-order valence-electron chi connectivity index (χ2n) is 6.32. The highest BCUT2D eigenvalue weighted by molar-refractivity contribution is 7.89. The second kappa shape index (κ2) is 6.00. The van der Waals surface area contributed by atoms with Crippen molar-refractivity contribution in [2.75, 3.05) is 18.8 Å². The fourth-order valence-corrected chi connectivity index (χ4v) is 4.04. The Hall–Kier alpha value is -1.41. The van der Waals surface area contributed by atoms with Crippen LogP contribution in [0.3, 0.4) is 0 Å². The molecule has 7 nitrogen and oxygen atoms in total. The van der Waals surface area contributed by atoms with Crippen molar-refractivity contribution in [3.63, 3.8) is 0 Å². The highest BCUT2D eigenvalue weighted by atomic mass is 32.2. The highest BCUT2D eigenvalue weighted by Crippen LogP contribution is 2.24. The van der Waals surface area contributed by atoms with Crippen LogP contribution in [0.15, 0.2) is 0 Å². The molecule has 1 aliphatic heterocycles. The molecule has 1 fully saturated rings. The molecule has 0 unspecified atom stereocenters. The first-order valence-corrected chi connectivity index (χ1v) is 9.17. The average Bonchev–Trinajstić information content (AvgIpc) is 2.92. The van der Waals surface area contributed by atoms with Gasteiger partial charge in [-0.05, 0) is 40.0 Å². The summed E-state index contributed by atoms with van der Waals surface area (Å²) in [6.45, 7) is 8.76. The molecule has 0 bridgehead atoms. The molecule has 0 saturated carbocycles. The van der Waals surface area contributed by atoms with Crippen LogP contribution in [0.2, 0.25) is 0 Å². The maximum atomic E-state index is 12.7. The standard InChI is InChI=1S/C14H24N4O3S/c1-9(2)18-11(4)13(10(3)16-18)14(19)17-6-5-12(7-17)8-22(15,20)21/h9,12H,5-8H2,1-4H3,(H2,15,20,21)/t12-/m0/s1. The number of hydrogen-bond donors (Lipinski definition) is 1. The molecule has 0 aliphatic carbocycles. The van der Waals surface area contributed by atoms with E-state index in [4.69, 9.17) is 5.14 Å². The first-order valence-electron chi connectivity index (χ1n) is 7.45. The Morgan fingerprint density at radius 3 is 2.55 bits per heavy atom. The minimum absolute atomic E-state index is 0.0694. The molecule has 1 saturated heterocycles. The fourth-order valence-electron chi connectivity index (χ4n) is 3.12. The molecule has 2 N–H and O–H groups in total. The average molecular weight is 328 g/mol. The van der Waals surface area contributed by atoms with E-state index < -0.39 is 10.0 Å². The number of amides is 1. The van der Waals surface area contributed by atoms with E-state index in [1.54, 1.807) is 4.90 Å². The first-order chi connectivity index (χ1) is 10.1. The Morgan fingerprint density at radius 1 is 1.41 bits per heavy atom. The zero-order valence-electron chi connectivity index (χ0n) is 13.5. The van der Waals surface area contributed by atoms with Crippen LogP contribution < -0.4 is 5.14 Å². The van der Waals surface area contributed by atoms with Crippen molar-refractivity contribution in [2.24, 2.45) is 11.1 Å². The van der Waals surface area contributed by atoms with Crippen molar-refractivity contribution < 1.29 is 13.2 Å². The number of sulfonamides is 1. The topological polar surface area (TPSA) is 98.3 Å². The molecule has 124 valence electrons. The molecular formula is C14H24N4O3S. The molecule has 1 amide bonds. The molecule has 1 aromatic rings. The van der Waals surface area contributed by atoms with Crippen LogP contribution in [0.1, 0.15) is 48.1 Å². The fraction of sp³-hybridized carbons (Fsp3) is 0.714. The van der Waals surface area contributed by atoms with Crippen LogP contribution in [0.4, 0.5) is 0 Å². The van der Waals surface area contributed by atoms with Crippen molar-refractivity contribution in [1.29, 1.82) is 0 Å². The summed E-state index contributed by atoms with van der Waals surface area (Å²) in [6.07, 6.45) is 0.665. The van der Waals surface area contributed by atoms with E-state index in [1.807, 2.05) is 32.4 Å². The third-order valence-corrected chi connectivity index (χ3v) is 5.01. The summed E-state index contributed by atoms with van der Waals surface area (Å²) >= 11 is 0. The second-order valence-corrected chi connectivity index (χ2v) is 7.98. The van der Waals surface area contributed by atoms with Crippen LogP contribution in [0.5, 0.6) is 0 Å². The van der Waals surface area contributed by atoms with Crippen LogP contribution >= 0.6 is 0 Å². The SMILES string of the molecule is Cc1nn(C(C)C)c(C)c1C(=O)N1CC[C@H](CS(N)(=O)=O)C1. The quantitative estimate of drug-likeness (QED) is 0.885. The number of aromatic nitrogens is 2. The van der Waals surface area contributed by atoms with Crippen LogP contribution in [0.25, 0.3) is 0 Å². The summed E-state index contributed by atoms with van der Waals surface area (Å²) < 4.78 is 24.2. The predicted octanol–water partition coefficient (Wildman–Crippen LogP) is 0.831. The van der Waals surface area contributed by atoms with Gasteiger partial charge in [-0.3, -0.25) is 9.48 Å². The van der Waals surface area contributed by atoms with Crippen LogP contribution in [-0.2, 0) is 10.0 Å². The van der Waals surface area contributed by atoms with Gasteiger partial charge in [0.1, 0.15) is 0 Å². The van der Waals surface area contributed by atoms with E-state index in [1.165, 1.54) is 0 Å². The Morgan fingerprint density at radius 2 is 2.05 bits per heavy atom. The molecular weight excluding hydrogens is 304 g/mol. The highest BCUT2D eigenvalue weighted by Gasteiger charge is 2.32. The monoisotopic (exact) mass is 328 g/mol. The summed E-state index contributed by atoms with van der Waals surface area (Å²) in [5.41, 5.74) is 2.20. The van der Waals surface area contributed by atoms with E-state index in [-0.39, 0.29) is 23.6 Å². The van der Waals surface area contributed by atoms with Gasteiger partial charge in [0.15, 0.2) is 0 Å². The minimum atomic E-state index is -3.50. The largest absolute Gasteiger partial charge is 0.338 e. The summed E-state index contributed by atoms with van der Waals surface area (Å²) in [7, 11) is -3.50. The Balaban J connectivity index is 2.17. The number of nitrogens with zero attached hydrogens (tertiary/aromatic N) is 3. The van der Waals surface area contributed by atoms with Gasteiger partial charge in [-0.2, -0.15) is 5.10 Å². The summed E-state index contributed by atoms with van der Waals surface area (Å²) in [4.78, 5) is 14.4. The van der Waals surface area contributed by atoms with Crippen molar-refractivity contribution in [3.8, 4) is 0 Å². The van der Waals surface area contributed by atoms with Gasteiger partial charge in [-0.25, -0.2) is 13.6 Å². The molecule has 2 rings (SSSR count). The van der Waals surface area contributed by atoms with Crippen molar-refractivity contribution in [1.82, 2.24) is 14.7 Å². The number of rotatable bonds is 4. The molecule has 8 heteroatoms. The van der Waals surface area contributed by atoms with Gasteiger partial charge in [0, 0.05) is 24.8 Å². The van der Waals surface area contributed by atoms with Gasteiger partial charge in [-0.15, -0.1) is 0 Å². The summed E-state index contributed by atoms with van der Waals surface area (Å²) in [6, 6.07) is 0.189. The zero-order chi connectivity index (χ0) is 16.7. The number of carbonyl (C=O) groups is 1. The summed E-state index contributed by atoms with van der Waals surface area (Å²) in [5.74, 6) is -0.224. The van der Waals surface area contributed by atoms with Gasteiger partial charge in [0.2, 0.25) is 10.0 Å². The van der Waals surface area contributed by atoms with Gasteiger partial charge < -0.3 is 4.90 Å². The summed E-state index contributed by atoms with van der Waals surface area (Å²) in [5, 5.41) is 9.52. The van der Waals surface area contributed by atoms with E-state index in [9.17, 15) is 13.2 Å². The van der Waals surface area contributed by atoms with E-state index in [0.29, 0.717) is 30.8 Å². The number of likely N-dealkylation sites (tertiary alicyclic amines) is 1. The normalized spacial score (nSPS) is 19.2. The van der Waals surface area contributed by atoms with Crippen LogP contribution in [0, 0.1) is 19.8 Å². The number of carbonyl (C=O) groups excluding carboxylic acids is 1. The third-order valence-electron chi connectivity index (χ3n) is 4.07. The van der Waals surface area contributed by atoms with Gasteiger partial charge >= 0.3 is 0 Å². The van der Waals surface area contributed by atoms with E-state index in [2.05, 4.69) is 5.10 Å². The number of aryl methyl sites for hydroxylation is 1. The molecule has 22 heavy (non-hydrogen) atoms. The molecule has 0 aromatic carbocycles. The molecule has 1 atom stereocenters. The minimum Gasteiger partial charge on any atom is -0.338 e. The number of hydrogen-bond acceptors (Lipinski definition) is 4. The number of primary sulfonamides is 1. The Kier molecular flexibility index (Phi) is 4.62. The Labute approximate surface area is 131 Å². The number of nitrogens with two attached hydrogens (primary N) is 1. The maximum Gasteiger partial charge on any atom is 0.257 e. The maximum absolute atomic E-state index is 12.7. The van der Waals surface area contributed by atoms with Crippen molar-refractivity contribution >= 4 is 15.9 Å². The zero-order valence-corrected chi connectivity index (χ0v) is 14.4. The van der Waals surface area contributed by atoms with Gasteiger partial charge in [0.05, 0.1) is 17.0 Å². The van der Waals surface area contributed by atoms with Gasteiger partial charge in [0.25, 0.3) is 5.91 Å². The lowest BCUT2D eigenvalue weighted by Crippen LogP contribution is -2.31. The van der Waals surface area contributed by atoms with Crippen molar-refractivity contribution in [2.45, 2.75) is 40.2 Å². The molecule has 2 heterocycles. The Bertz CT molecular complexity index is 679. The lowest BCUT2D eigenvalue weighted by Gasteiger charge is -2.17. The predicted molar refractivity (Wildman–Crippen MR) is 84.1 cm³/mol. The lowest BCUT2D eigenvalue weighted by molar-refractivity contribution is 0.0786. The third kappa shape index (κ3) is 3.49. The van der Waals surface area contributed by atoms with E-state index >= 15 is 0 Å². The first kappa shape index (κ1) is 17.0. The smallest absolute Gasteiger partial charge is 0.257 e. The van der Waals surface area contributed by atoms with E-state index in [0.717, 1.165) is 5.69 Å².